The summed E-state index contributed by atoms with van der Waals surface area (Å²) >= 11 is 0. The molecule has 0 aromatic carbocycles. The van der Waals surface area contributed by atoms with E-state index in [-0.39, 0.29) is 5.91 Å². The molecule has 0 aliphatic carbocycles. The minimum absolute atomic E-state index is 0.113. The van der Waals surface area contributed by atoms with E-state index in [1.165, 1.54) is 0 Å². The van der Waals surface area contributed by atoms with Crippen LogP contribution < -0.4 is 4.90 Å². The Bertz CT molecular complexity index is 780. The smallest absolute Gasteiger partial charge is 0.255 e. The summed E-state index contributed by atoms with van der Waals surface area (Å²) in [6.45, 7) is 4.65. The highest BCUT2D eigenvalue weighted by Gasteiger charge is 2.26. The van der Waals surface area contributed by atoms with Gasteiger partial charge in [0.1, 0.15) is 5.82 Å². The molecule has 2 aromatic heterocycles. The first-order valence-electron chi connectivity index (χ1n) is 10.7. The summed E-state index contributed by atoms with van der Waals surface area (Å²) < 4.78 is 1.99. The molecule has 0 saturated carbocycles. The standard InChI is InChI=1S/C22H32N6O/c1-25(2)20-9-14-27(17-20)21-5-4-19(16-23-21)22(29)26-12-6-18(7-13-26)8-15-28-11-3-10-24-28/h3-5,10-11,16,18,20H,6-9,12-15,17H2,1-2H3/t20-/m0/s1. The predicted octanol–water partition coefficient (Wildman–Crippen LogP) is 2.36. The van der Waals surface area contributed by atoms with Crippen LogP contribution in [0, 0.1) is 5.92 Å². The highest BCUT2D eigenvalue weighted by molar-refractivity contribution is 5.94. The van der Waals surface area contributed by atoms with Gasteiger partial charge in [0, 0.05) is 57.4 Å². The maximum Gasteiger partial charge on any atom is 0.255 e. The van der Waals surface area contributed by atoms with Crippen molar-refractivity contribution in [3.05, 3.63) is 42.4 Å². The van der Waals surface area contributed by atoms with Crippen molar-refractivity contribution in [1.82, 2.24) is 24.6 Å². The van der Waals surface area contributed by atoms with E-state index in [1.807, 2.05) is 40.2 Å². The van der Waals surface area contributed by atoms with Crippen molar-refractivity contribution in [3.8, 4) is 0 Å². The first-order chi connectivity index (χ1) is 14.1. The number of anilines is 1. The Balaban J connectivity index is 1.27. The number of aromatic nitrogens is 3. The Morgan fingerprint density at radius 2 is 2.00 bits per heavy atom. The lowest BCUT2D eigenvalue weighted by atomic mass is 9.93. The predicted molar refractivity (Wildman–Crippen MR) is 114 cm³/mol. The highest BCUT2D eigenvalue weighted by Crippen LogP contribution is 2.24. The number of likely N-dealkylation sites (tertiary alicyclic amines) is 1. The molecule has 29 heavy (non-hydrogen) atoms. The van der Waals surface area contributed by atoms with Crippen molar-refractivity contribution in [2.24, 2.45) is 5.92 Å². The number of likely N-dealkylation sites (N-methyl/N-ethyl adjacent to an activating group) is 1. The molecule has 1 atom stereocenters. The molecule has 0 unspecified atom stereocenters. The van der Waals surface area contributed by atoms with Crippen LogP contribution >= 0.6 is 0 Å². The second kappa shape index (κ2) is 8.95. The molecule has 0 radical (unpaired) electrons. The monoisotopic (exact) mass is 396 g/mol. The van der Waals surface area contributed by atoms with Crippen molar-refractivity contribution >= 4 is 11.7 Å². The third-order valence-corrected chi connectivity index (χ3v) is 6.44. The number of nitrogens with zero attached hydrogens (tertiary/aromatic N) is 6. The molecule has 4 rings (SSSR count). The van der Waals surface area contributed by atoms with E-state index in [4.69, 9.17) is 0 Å². The average molecular weight is 397 g/mol. The molecule has 4 heterocycles. The second-order valence-corrected chi connectivity index (χ2v) is 8.55. The van der Waals surface area contributed by atoms with Crippen LogP contribution in [-0.4, -0.2) is 76.8 Å². The van der Waals surface area contributed by atoms with E-state index < -0.39 is 0 Å². The number of amides is 1. The Morgan fingerprint density at radius 3 is 2.62 bits per heavy atom. The van der Waals surface area contributed by atoms with Crippen LogP contribution in [0.1, 0.15) is 36.0 Å². The highest BCUT2D eigenvalue weighted by atomic mass is 16.2. The van der Waals surface area contributed by atoms with Crippen LogP contribution in [0.3, 0.4) is 0 Å². The van der Waals surface area contributed by atoms with Crippen molar-refractivity contribution < 1.29 is 4.79 Å². The number of hydrogen-bond acceptors (Lipinski definition) is 5. The molecule has 0 bridgehead atoms. The van der Waals surface area contributed by atoms with Gasteiger partial charge in [-0.25, -0.2) is 4.98 Å². The van der Waals surface area contributed by atoms with Crippen LogP contribution in [0.15, 0.2) is 36.8 Å². The molecular formula is C22H32N6O. The van der Waals surface area contributed by atoms with Crippen LogP contribution in [0.25, 0.3) is 0 Å². The van der Waals surface area contributed by atoms with Crippen LogP contribution in [0.4, 0.5) is 5.82 Å². The summed E-state index contributed by atoms with van der Waals surface area (Å²) in [4.78, 5) is 24.0. The first kappa shape index (κ1) is 19.9. The maximum absolute atomic E-state index is 12.9. The lowest BCUT2D eigenvalue weighted by Gasteiger charge is -2.32. The minimum atomic E-state index is 0.113. The molecule has 2 aliphatic heterocycles. The quantitative estimate of drug-likeness (QED) is 0.750. The zero-order chi connectivity index (χ0) is 20.2. The van der Waals surface area contributed by atoms with Crippen LogP contribution in [0.2, 0.25) is 0 Å². The van der Waals surface area contributed by atoms with Gasteiger partial charge in [0.2, 0.25) is 0 Å². The van der Waals surface area contributed by atoms with Crippen molar-refractivity contribution in [3.63, 3.8) is 0 Å². The fraction of sp³-hybridized carbons (Fsp3) is 0.591. The lowest BCUT2D eigenvalue weighted by molar-refractivity contribution is 0.0684. The summed E-state index contributed by atoms with van der Waals surface area (Å²) in [5.74, 6) is 1.76. The number of carbonyl (C=O) groups is 1. The van der Waals surface area contributed by atoms with Crippen LogP contribution in [-0.2, 0) is 6.54 Å². The fourth-order valence-electron chi connectivity index (χ4n) is 4.43. The molecule has 7 heteroatoms. The lowest BCUT2D eigenvalue weighted by Crippen LogP contribution is -2.38. The van der Waals surface area contributed by atoms with Crippen molar-refractivity contribution in [2.75, 3.05) is 45.2 Å². The molecule has 2 aliphatic rings. The van der Waals surface area contributed by atoms with E-state index in [0.29, 0.717) is 17.5 Å². The zero-order valence-corrected chi connectivity index (χ0v) is 17.6. The van der Waals surface area contributed by atoms with E-state index in [0.717, 1.165) is 64.2 Å². The van der Waals surface area contributed by atoms with Gasteiger partial charge >= 0.3 is 0 Å². The number of piperidine rings is 1. The van der Waals surface area contributed by atoms with Gasteiger partial charge in [0.25, 0.3) is 5.91 Å². The molecular weight excluding hydrogens is 364 g/mol. The first-order valence-corrected chi connectivity index (χ1v) is 10.7. The average Bonchev–Trinajstić information content (AvgIpc) is 3.44. The van der Waals surface area contributed by atoms with Gasteiger partial charge in [-0.1, -0.05) is 0 Å². The van der Waals surface area contributed by atoms with Gasteiger partial charge in [-0.2, -0.15) is 5.10 Å². The van der Waals surface area contributed by atoms with Gasteiger partial charge in [-0.3, -0.25) is 9.48 Å². The normalized spacial score (nSPS) is 20.6. The Labute approximate surface area is 173 Å². The molecule has 2 saturated heterocycles. The van der Waals surface area contributed by atoms with Gasteiger partial charge in [-0.05, 0) is 63.9 Å². The van der Waals surface area contributed by atoms with Crippen LogP contribution in [0.5, 0.6) is 0 Å². The summed E-state index contributed by atoms with van der Waals surface area (Å²) in [5, 5.41) is 4.27. The second-order valence-electron chi connectivity index (χ2n) is 8.55. The molecule has 2 fully saturated rings. The number of carbonyl (C=O) groups excluding carboxylic acids is 1. The third kappa shape index (κ3) is 4.78. The Hall–Kier alpha value is -2.41. The molecule has 156 valence electrons. The summed E-state index contributed by atoms with van der Waals surface area (Å²) in [6.07, 6.45) is 10.0. The number of aryl methyl sites for hydroxylation is 1. The summed E-state index contributed by atoms with van der Waals surface area (Å²) in [7, 11) is 4.26. The number of pyridine rings is 1. The molecule has 2 aromatic rings. The summed E-state index contributed by atoms with van der Waals surface area (Å²) in [5.41, 5.74) is 0.701. The SMILES string of the molecule is CN(C)[C@H]1CCN(c2ccc(C(=O)N3CCC(CCn4cccn4)CC3)cn2)C1. The Kier molecular flexibility index (Phi) is 6.13. The zero-order valence-electron chi connectivity index (χ0n) is 17.6. The van der Waals surface area contributed by atoms with E-state index in [2.05, 4.69) is 34.0 Å². The third-order valence-electron chi connectivity index (χ3n) is 6.44. The van der Waals surface area contributed by atoms with E-state index in [1.54, 1.807) is 6.20 Å². The molecule has 1 amide bonds. The Morgan fingerprint density at radius 1 is 1.17 bits per heavy atom. The molecule has 0 N–H and O–H groups in total. The van der Waals surface area contributed by atoms with Gasteiger partial charge in [0.05, 0.1) is 5.56 Å². The molecule has 0 spiro atoms. The molecule has 7 nitrogen and oxygen atoms in total. The largest absolute Gasteiger partial charge is 0.355 e. The fourth-order valence-corrected chi connectivity index (χ4v) is 4.43. The van der Waals surface area contributed by atoms with Crippen molar-refractivity contribution in [1.29, 1.82) is 0 Å². The van der Waals surface area contributed by atoms with E-state index in [9.17, 15) is 4.79 Å². The van der Waals surface area contributed by atoms with E-state index >= 15 is 0 Å². The number of rotatable bonds is 6. The maximum atomic E-state index is 12.9. The summed E-state index contributed by atoms with van der Waals surface area (Å²) in [6, 6.07) is 6.48. The number of hydrogen-bond donors (Lipinski definition) is 0. The van der Waals surface area contributed by atoms with Gasteiger partial charge < -0.3 is 14.7 Å². The van der Waals surface area contributed by atoms with Gasteiger partial charge in [-0.15, -0.1) is 0 Å². The minimum Gasteiger partial charge on any atom is -0.355 e. The van der Waals surface area contributed by atoms with Crippen molar-refractivity contribution in [2.45, 2.75) is 38.3 Å². The van der Waals surface area contributed by atoms with Gasteiger partial charge in [0.15, 0.2) is 0 Å². The topological polar surface area (TPSA) is 57.5 Å².